The minimum absolute atomic E-state index is 0.0828. The molecule has 0 spiro atoms. The smallest absolute Gasteiger partial charge is 0.326 e. The minimum Gasteiger partial charge on any atom is -0.480 e. The van der Waals surface area contributed by atoms with Crippen molar-refractivity contribution in [3.8, 4) is 0 Å². The summed E-state index contributed by atoms with van der Waals surface area (Å²) in [6.07, 6.45) is 2.32. The molecule has 0 bridgehead atoms. The lowest BCUT2D eigenvalue weighted by molar-refractivity contribution is -0.151. The van der Waals surface area contributed by atoms with Gasteiger partial charge in [0.15, 0.2) is 0 Å². The maximum Gasteiger partial charge on any atom is 0.326 e. The monoisotopic (exact) mass is 326 g/mol. The van der Waals surface area contributed by atoms with Gasteiger partial charge in [-0.3, -0.25) is 4.79 Å². The molecule has 2 heterocycles. The number of aromatic nitrogens is 1. The molecule has 1 saturated heterocycles. The molecule has 6 nitrogen and oxygen atoms in total. The molecule has 1 N–H and O–H groups in total. The Labute approximate surface area is 134 Å². The van der Waals surface area contributed by atoms with Gasteiger partial charge < -0.3 is 14.7 Å². The van der Waals surface area contributed by atoms with Crippen LogP contribution in [0.2, 0.25) is 0 Å². The SMILES string of the molecule is CCO[C@H](C)c1nc(CC(=O)N2CCCC[C@@H]2C(=O)O)cs1. The van der Waals surface area contributed by atoms with Gasteiger partial charge in [0.2, 0.25) is 5.91 Å². The number of aliphatic carboxylic acids is 1. The van der Waals surface area contributed by atoms with E-state index in [0.717, 1.165) is 17.8 Å². The summed E-state index contributed by atoms with van der Waals surface area (Å²) >= 11 is 1.47. The van der Waals surface area contributed by atoms with Gasteiger partial charge >= 0.3 is 5.97 Å². The van der Waals surface area contributed by atoms with Crippen LogP contribution in [0.5, 0.6) is 0 Å². The van der Waals surface area contributed by atoms with Gasteiger partial charge in [-0.1, -0.05) is 0 Å². The summed E-state index contributed by atoms with van der Waals surface area (Å²) in [5.74, 6) is -1.08. The number of nitrogens with zero attached hydrogens (tertiary/aromatic N) is 2. The van der Waals surface area contributed by atoms with Crippen molar-refractivity contribution >= 4 is 23.2 Å². The number of likely N-dealkylation sites (tertiary alicyclic amines) is 1. The first-order valence-corrected chi connectivity index (χ1v) is 8.49. The molecule has 1 aliphatic rings. The lowest BCUT2D eigenvalue weighted by Gasteiger charge is -2.32. The highest BCUT2D eigenvalue weighted by Crippen LogP contribution is 2.23. The Bertz CT molecular complexity index is 531. The maximum atomic E-state index is 12.4. The van der Waals surface area contributed by atoms with Crippen LogP contribution >= 0.6 is 11.3 Å². The van der Waals surface area contributed by atoms with Gasteiger partial charge in [0.1, 0.15) is 17.2 Å². The Balaban J connectivity index is 2.00. The van der Waals surface area contributed by atoms with Crippen LogP contribution in [-0.4, -0.2) is 46.1 Å². The van der Waals surface area contributed by atoms with Crippen LogP contribution in [0, 0.1) is 0 Å². The molecule has 0 aliphatic carbocycles. The highest BCUT2D eigenvalue weighted by Gasteiger charge is 2.32. The average Bonchev–Trinajstić information content (AvgIpc) is 2.96. The molecule has 2 rings (SSSR count). The summed E-state index contributed by atoms with van der Waals surface area (Å²) in [5.41, 5.74) is 0.686. The van der Waals surface area contributed by atoms with E-state index in [4.69, 9.17) is 4.74 Å². The van der Waals surface area contributed by atoms with Crippen LogP contribution in [0.3, 0.4) is 0 Å². The topological polar surface area (TPSA) is 79.7 Å². The standard InChI is InChI=1S/C15H22N2O4S/c1-3-21-10(2)14-16-11(9-22-14)8-13(18)17-7-5-4-6-12(17)15(19)20/h9-10,12H,3-8H2,1-2H3,(H,19,20)/t10-,12-/m1/s1. The number of carboxylic acids is 1. The first-order valence-electron chi connectivity index (χ1n) is 7.61. The van der Waals surface area contributed by atoms with Crippen molar-refractivity contribution in [1.82, 2.24) is 9.88 Å². The molecule has 0 aromatic carbocycles. The third-order valence-corrected chi connectivity index (χ3v) is 4.83. The summed E-state index contributed by atoms with van der Waals surface area (Å²) in [6, 6.07) is -0.693. The highest BCUT2D eigenvalue weighted by molar-refractivity contribution is 7.09. The number of rotatable bonds is 6. The Kier molecular flexibility index (Phi) is 5.90. The molecule has 2 atom stereocenters. The molecular weight excluding hydrogens is 304 g/mol. The minimum atomic E-state index is -0.919. The van der Waals surface area contributed by atoms with E-state index in [-0.39, 0.29) is 18.4 Å². The molecule has 22 heavy (non-hydrogen) atoms. The number of carbonyl (C=O) groups is 2. The quantitative estimate of drug-likeness (QED) is 0.867. The number of carboxylic acid groups (broad SMARTS) is 1. The van der Waals surface area contributed by atoms with Crippen LogP contribution in [0.4, 0.5) is 0 Å². The lowest BCUT2D eigenvalue weighted by Crippen LogP contribution is -2.48. The summed E-state index contributed by atoms with van der Waals surface area (Å²) in [4.78, 5) is 29.6. The van der Waals surface area contributed by atoms with Crippen molar-refractivity contribution in [3.63, 3.8) is 0 Å². The molecule has 0 radical (unpaired) electrons. The van der Waals surface area contributed by atoms with Crippen molar-refractivity contribution in [2.45, 2.75) is 51.7 Å². The molecule has 1 aromatic rings. The average molecular weight is 326 g/mol. The van der Waals surface area contributed by atoms with E-state index in [1.807, 2.05) is 19.2 Å². The number of piperidine rings is 1. The van der Waals surface area contributed by atoms with Crippen molar-refractivity contribution in [3.05, 3.63) is 16.1 Å². The summed E-state index contributed by atoms with van der Waals surface area (Å²) in [5, 5.41) is 11.9. The van der Waals surface area contributed by atoms with Crippen molar-refractivity contribution in [2.24, 2.45) is 0 Å². The number of carbonyl (C=O) groups excluding carboxylic acids is 1. The molecule has 7 heteroatoms. The highest BCUT2D eigenvalue weighted by atomic mass is 32.1. The van der Waals surface area contributed by atoms with E-state index >= 15 is 0 Å². The van der Waals surface area contributed by atoms with Gasteiger partial charge in [-0.25, -0.2) is 9.78 Å². The van der Waals surface area contributed by atoms with E-state index in [9.17, 15) is 14.7 Å². The zero-order valence-electron chi connectivity index (χ0n) is 12.9. The van der Waals surface area contributed by atoms with Gasteiger partial charge in [-0.15, -0.1) is 11.3 Å². The second-order valence-electron chi connectivity index (χ2n) is 5.39. The molecule has 0 saturated carbocycles. The van der Waals surface area contributed by atoms with Crippen LogP contribution in [-0.2, 0) is 20.7 Å². The number of hydrogen-bond acceptors (Lipinski definition) is 5. The molecule has 1 aliphatic heterocycles. The van der Waals surface area contributed by atoms with E-state index < -0.39 is 12.0 Å². The zero-order chi connectivity index (χ0) is 16.1. The zero-order valence-corrected chi connectivity index (χ0v) is 13.8. The van der Waals surface area contributed by atoms with Crippen LogP contribution < -0.4 is 0 Å². The van der Waals surface area contributed by atoms with Crippen LogP contribution in [0.15, 0.2) is 5.38 Å². The molecule has 1 aromatic heterocycles. The Morgan fingerprint density at radius 2 is 2.32 bits per heavy atom. The largest absolute Gasteiger partial charge is 0.480 e. The van der Waals surface area contributed by atoms with Gasteiger partial charge in [0.25, 0.3) is 0 Å². The predicted octanol–water partition coefficient (Wildman–Crippen LogP) is 2.25. The Morgan fingerprint density at radius 1 is 1.55 bits per heavy atom. The molecule has 1 fully saturated rings. The number of hydrogen-bond donors (Lipinski definition) is 1. The van der Waals surface area contributed by atoms with E-state index in [0.29, 0.717) is 25.3 Å². The first kappa shape index (κ1) is 16.9. The Morgan fingerprint density at radius 3 is 3.00 bits per heavy atom. The summed E-state index contributed by atoms with van der Waals surface area (Å²) in [6.45, 7) is 4.99. The fraction of sp³-hybridized carbons (Fsp3) is 0.667. The lowest BCUT2D eigenvalue weighted by atomic mass is 10.0. The van der Waals surface area contributed by atoms with Gasteiger partial charge in [0, 0.05) is 18.5 Å². The third kappa shape index (κ3) is 4.04. The normalized spacial score (nSPS) is 19.9. The molecular formula is C15H22N2O4S. The second-order valence-corrected chi connectivity index (χ2v) is 6.28. The summed E-state index contributed by atoms with van der Waals surface area (Å²) in [7, 11) is 0. The fourth-order valence-corrected chi connectivity index (χ4v) is 3.48. The third-order valence-electron chi connectivity index (χ3n) is 3.77. The second kappa shape index (κ2) is 7.69. The van der Waals surface area contributed by atoms with Crippen molar-refractivity contribution < 1.29 is 19.4 Å². The molecule has 0 unspecified atom stereocenters. The predicted molar refractivity (Wildman–Crippen MR) is 82.8 cm³/mol. The van der Waals surface area contributed by atoms with Gasteiger partial charge in [-0.05, 0) is 33.1 Å². The Hall–Kier alpha value is -1.47. The number of amides is 1. The van der Waals surface area contributed by atoms with E-state index in [1.165, 1.54) is 16.2 Å². The van der Waals surface area contributed by atoms with Gasteiger partial charge in [-0.2, -0.15) is 0 Å². The van der Waals surface area contributed by atoms with E-state index in [1.54, 1.807) is 0 Å². The van der Waals surface area contributed by atoms with E-state index in [2.05, 4.69) is 4.98 Å². The number of thiazole rings is 1. The van der Waals surface area contributed by atoms with Gasteiger partial charge in [0.05, 0.1) is 12.1 Å². The summed E-state index contributed by atoms with van der Waals surface area (Å²) < 4.78 is 5.49. The number of ether oxygens (including phenoxy) is 1. The fourth-order valence-electron chi connectivity index (χ4n) is 2.66. The first-order chi connectivity index (χ1) is 10.5. The van der Waals surface area contributed by atoms with Crippen molar-refractivity contribution in [2.75, 3.05) is 13.2 Å². The molecule has 1 amide bonds. The van der Waals surface area contributed by atoms with Crippen LogP contribution in [0.25, 0.3) is 0 Å². The van der Waals surface area contributed by atoms with Crippen molar-refractivity contribution in [1.29, 1.82) is 0 Å². The van der Waals surface area contributed by atoms with Crippen LogP contribution in [0.1, 0.15) is 49.9 Å². The molecule has 122 valence electrons. The maximum absolute atomic E-state index is 12.4.